The molecular formula is C32H32F2N3O7PS2. The van der Waals surface area contributed by atoms with E-state index in [2.05, 4.69) is 5.32 Å². The number of hydrogen-bond acceptors (Lipinski definition) is 7. The van der Waals surface area contributed by atoms with Crippen LogP contribution in [0.4, 0.5) is 8.78 Å². The second kappa shape index (κ2) is 13.5. The second-order valence-corrected chi connectivity index (χ2v) is 15.3. The number of morpholine rings is 1. The van der Waals surface area contributed by atoms with Crippen LogP contribution in [0.2, 0.25) is 0 Å². The molecular weight excluding hydrogens is 671 g/mol. The molecule has 47 heavy (non-hydrogen) atoms. The van der Waals surface area contributed by atoms with E-state index >= 15 is 0 Å². The van der Waals surface area contributed by atoms with Gasteiger partial charge in [-0.15, -0.1) is 22.7 Å². The highest BCUT2D eigenvalue weighted by Gasteiger charge is 2.50. The first-order valence-corrected chi connectivity index (χ1v) is 18.3. The third-order valence-electron chi connectivity index (χ3n) is 8.41. The van der Waals surface area contributed by atoms with Crippen LogP contribution in [0.3, 0.4) is 0 Å². The van der Waals surface area contributed by atoms with Crippen molar-refractivity contribution in [3.8, 4) is 0 Å². The van der Waals surface area contributed by atoms with Crippen molar-refractivity contribution in [2.75, 3.05) is 26.2 Å². The van der Waals surface area contributed by atoms with Gasteiger partial charge in [0.2, 0.25) is 11.8 Å². The van der Waals surface area contributed by atoms with Gasteiger partial charge in [0.1, 0.15) is 18.2 Å². The molecule has 10 nitrogen and oxygen atoms in total. The van der Waals surface area contributed by atoms with Gasteiger partial charge in [-0.25, -0.2) is 0 Å². The van der Waals surface area contributed by atoms with E-state index < -0.39 is 36.8 Å². The van der Waals surface area contributed by atoms with E-state index in [-0.39, 0.29) is 34.6 Å². The van der Waals surface area contributed by atoms with Gasteiger partial charge >= 0.3 is 13.3 Å². The number of carbonyl (C=O) groups is 3. The van der Waals surface area contributed by atoms with Crippen molar-refractivity contribution in [2.24, 2.45) is 0 Å². The Balaban J connectivity index is 1.20. The van der Waals surface area contributed by atoms with E-state index in [1.165, 1.54) is 23.5 Å². The number of fused-ring (bicyclic) bond motifs is 1. The van der Waals surface area contributed by atoms with Crippen molar-refractivity contribution >= 4 is 58.1 Å². The maximum atomic E-state index is 14.3. The fourth-order valence-electron chi connectivity index (χ4n) is 5.99. The standard InChI is InChI=1S/C32H32F2N3O7PS2/c33-32(34,45(41,42)43)22-10-11-27-21(16-22)17-28(47-27)29(38)35-24(18-23-8-5-15-46-23)30(39)37-12-4-9-25(37)31(40)36-13-14-44-26(19-36)20-6-2-1-3-7-20/h1-3,5-8,10-11,15-17,24-26H,4,9,12-14,18-19H2,(H,35,38)(H2,41,42,43)/t24-,25-,26-/m0/s1. The molecule has 2 aromatic carbocycles. The first-order chi connectivity index (χ1) is 22.4. The summed E-state index contributed by atoms with van der Waals surface area (Å²) in [5, 5.41) is 4.88. The number of halogens is 2. The minimum absolute atomic E-state index is 0.134. The predicted molar refractivity (Wildman–Crippen MR) is 173 cm³/mol. The van der Waals surface area contributed by atoms with Crippen molar-refractivity contribution in [2.45, 2.75) is 43.1 Å². The average Bonchev–Trinajstić information content (AvgIpc) is 3.85. The van der Waals surface area contributed by atoms with Crippen LogP contribution < -0.4 is 5.32 Å². The van der Waals surface area contributed by atoms with Crippen LogP contribution in [0, 0.1) is 0 Å². The highest BCUT2D eigenvalue weighted by atomic mass is 32.1. The van der Waals surface area contributed by atoms with E-state index in [0.29, 0.717) is 43.8 Å². The smallest absolute Gasteiger partial charge is 0.370 e. The van der Waals surface area contributed by atoms with Gasteiger partial charge in [0.25, 0.3) is 5.91 Å². The third kappa shape index (κ3) is 7.03. The summed E-state index contributed by atoms with van der Waals surface area (Å²) >= 11 is 2.43. The third-order valence-corrected chi connectivity index (χ3v) is 11.4. The molecule has 0 aliphatic carbocycles. The molecule has 0 unspecified atom stereocenters. The monoisotopic (exact) mass is 703 g/mol. The lowest BCUT2D eigenvalue weighted by Crippen LogP contribution is -2.56. The molecule has 4 heterocycles. The van der Waals surface area contributed by atoms with Gasteiger partial charge in [-0.1, -0.05) is 42.5 Å². The van der Waals surface area contributed by atoms with E-state index in [4.69, 9.17) is 14.5 Å². The molecule has 0 spiro atoms. The van der Waals surface area contributed by atoms with Crippen LogP contribution in [0.1, 0.15) is 44.6 Å². The minimum atomic E-state index is -5.77. The van der Waals surface area contributed by atoms with Gasteiger partial charge < -0.3 is 29.6 Å². The number of nitrogens with one attached hydrogen (secondary N) is 1. The van der Waals surface area contributed by atoms with Crippen molar-refractivity contribution in [1.29, 1.82) is 0 Å². The Morgan fingerprint density at radius 3 is 2.57 bits per heavy atom. The lowest BCUT2D eigenvalue weighted by atomic mass is 10.1. The van der Waals surface area contributed by atoms with Crippen molar-refractivity contribution in [3.63, 3.8) is 0 Å². The van der Waals surface area contributed by atoms with Gasteiger partial charge in [-0.3, -0.25) is 18.9 Å². The summed E-state index contributed by atoms with van der Waals surface area (Å²) in [7, 11) is -5.77. The molecule has 0 bridgehead atoms. The molecule has 3 atom stereocenters. The number of nitrogens with zero attached hydrogens (tertiary/aromatic N) is 2. The van der Waals surface area contributed by atoms with Crippen LogP contribution in [0.25, 0.3) is 10.1 Å². The predicted octanol–water partition coefficient (Wildman–Crippen LogP) is 5.12. The normalized spacial score (nSPS) is 19.6. The summed E-state index contributed by atoms with van der Waals surface area (Å²) in [5.74, 6) is -1.15. The Kier molecular flexibility index (Phi) is 9.62. The number of amides is 3. The van der Waals surface area contributed by atoms with Gasteiger partial charge in [0.05, 0.1) is 18.0 Å². The molecule has 2 fully saturated rings. The molecule has 0 saturated carbocycles. The lowest BCUT2D eigenvalue weighted by molar-refractivity contribution is -0.149. The number of ether oxygens (including phenoxy) is 1. The van der Waals surface area contributed by atoms with Gasteiger partial charge in [-0.05, 0) is 53.4 Å². The lowest BCUT2D eigenvalue weighted by Gasteiger charge is -2.37. The Morgan fingerprint density at radius 1 is 1.06 bits per heavy atom. The summed E-state index contributed by atoms with van der Waals surface area (Å²) in [6, 6.07) is 16.2. The number of carbonyl (C=O) groups excluding carboxylic acids is 3. The quantitative estimate of drug-likeness (QED) is 0.206. The van der Waals surface area contributed by atoms with Gasteiger partial charge in [0.15, 0.2) is 0 Å². The molecule has 2 aliphatic rings. The van der Waals surface area contributed by atoms with Crippen LogP contribution >= 0.6 is 30.3 Å². The Hall–Kier alpha value is -3.52. The average molecular weight is 704 g/mol. The summed E-state index contributed by atoms with van der Waals surface area (Å²) in [5.41, 5.74) is -4.29. The van der Waals surface area contributed by atoms with E-state index in [9.17, 15) is 27.7 Å². The van der Waals surface area contributed by atoms with E-state index in [1.54, 1.807) is 9.80 Å². The SMILES string of the molecule is O=C(N[C@@H](Cc1cccs1)C(=O)N1CCC[C@H]1C(=O)N1CCO[C@H](c2ccccc2)C1)c1cc2cc(C(F)(F)P(=O)(O)O)ccc2s1. The molecule has 15 heteroatoms. The Bertz CT molecular complexity index is 1820. The van der Waals surface area contributed by atoms with E-state index in [1.807, 2.05) is 47.8 Å². The first-order valence-electron chi connectivity index (χ1n) is 15.0. The highest BCUT2D eigenvalue weighted by molar-refractivity contribution is 7.52. The molecule has 0 radical (unpaired) electrons. The number of alkyl halides is 2. The molecule has 248 valence electrons. The molecule has 3 N–H and O–H groups in total. The fourth-order valence-corrected chi connectivity index (χ4v) is 8.16. The number of likely N-dealkylation sites (tertiary alicyclic amines) is 1. The van der Waals surface area contributed by atoms with Gasteiger partial charge in [-0.2, -0.15) is 8.78 Å². The molecule has 2 aliphatic heterocycles. The number of rotatable bonds is 9. The number of hydrogen-bond donors (Lipinski definition) is 3. The molecule has 2 aromatic heterocycles. The van der Waals surface area contributed by atoms with Crippen LogP contribution in [0.5, 0.6) is 0 Å². The number of thiophene rings is 2. The molecule has 3 amide bonds. The molecule has 6 rings (SSSR count). The zero-order chi connectivity index (χ0) is 33.3. The zero-order valence-electron chi connectivity index (χ0n) is 25.0. The van der Waals surface area contributed by atoms with Crippen LogP contribution in [-0.4, -0.2) is 75.6 Å². The van der Waals surface area contributed by atoms with Crippen molar-refractivity contribution in [1.82, 2.24) is 15.1 Å². The topological polar surface area (TPSA) is 136 Å². The zero-order valence-corrected chi connectivity index (χ0v) is 27.5. The van der Waals surface area contributed by atoms with Crippen LogP contribution in [0.15, 0.2) is 72.1 Å². The maximum Gasteiger partial charge on any atom is 0.399 e. The van der Waals surface area contributed by atoms with E-state index in [0.717, 1.165) is 33.9 Å². The van der Waals surface area contributed by atoms with Crippen LogP contribution in [-0.2, 0) is 31.0 Å². The minimum Gasteiger partial charge on any atom is -0.370 e. The number of benzene rings is 2. The summed E-state index contributed by atoms with van der Waals surface area (Å²) < 4.78 is 46.4. The summed E-state index contributed by atoms with van der Waals surface area (Å²) in [6.07, 6.45) is 1.05. The summed E-state index contributed by atoms with van der Waals surface area (Å²) in [4.78, 5) is 64.0. The van der Waals surface area contributed by atoms with Crippen molar-refractivity contribution < 1.29 is 42.3 Å². The molecule has 4 aromatic rings. The Labute approximate surface area is 277 Å². The maximum absolute atomic E-state index is 14.3. The second-order valence-electron chi connectivity index (χ2n) is 11.5. The first kappa shape index (κ1) is 33.4. The summed E-state index contributed by atoms with van der Waals surface area (Å²) in [6.45, 7) is 1.50. The largest absolute Gasteiger partial charge is 0.399 e. The molecule has 2 saturated heterocycles. The Morgan fingerprint density at radius 2 is 1.85 bits per heavy atom. The van der Waals surface area contributed by atoms with Crippen molar-refractivity contribution in [3.05, 3.63) is 93.0 Å². The fraction of sp³-hybridized carbons (Fsp3) is 0.344. The van der Waals surface area contributed by atoms with Gasteiger partial charge in [0, 0.05) is 34.7 Å². The highest BCUT2D eigenvalue weighted by Crippen LogP contribution is 2.59.